The summed E-state index contributed by atoms with van der Waals surface area (Å²) in [5.74, 6) is -0.480. The van der Waals surface area contributed by atoms with Gasteiger partial charge in [-0.25, -0.2) is 8.42 Å². The molecule has 1 heterocycles. The number of carbonyl (C=O) groups is 1. The van der Waals surface area contributed by atoms with Gasteiger partial charge in [0, 0.05) is 5.56 Å². The number of rotatable bonds is 6. The summed E-state index contributed by atoms with van der Waals surface area (Å²) < 4.78 is 66.6. The van der Waals surface area contributed by atoms with Crippen LogP contribution in [0.1, 0.15) is 0 Å². The molecule has 0 saturated heterocycles. The van der Waals surface area contributed by atoms with E-state index in [1.165, 1.54) is 7.11 Å². The second-order valence-electron chi connectivity index (χ2n) is 5.87. The minimum Gasteiger partial charge on any atom is -0.495 e. The van der Waals surface area contributed by atoms with E-state index in [1.54, 1.807) is 24.3 Å². The Hall–Kier alpha value is -3.48. The molecule has 1 N–H and O–H groups in total. The van der Waals surface area contributed by atoms with Crippen LogP contribution < -0.4 is 10.1 Å². The van der Waals surface area contributed by atoms with Crippen LogP contribution in [0.3, 0.4) is 0 Å². The van der Waals surface area contributed by atoms with E-state index in [9.17, 15) is 26.4 Å². The summed E-state index contributed by atoms with van der Waals surface area (Å²) in [7, 11) is -4.38. The number of nitrogens with one attached hydrogen (secondary N) is 1. The second-order valence-corrected chi connectivity index (χ2v) is 7.81. The average molecular weight is 441 g/mol. The van der Waals surface area contributed by atoms with Gasteiger partial charge in [0.1, 0.15) is 12.3 Å². The molecule has 30 heavy (non-hydrogen) atoms. The van der Waals surface area contributed by atoms with E-state index in [0.717, 1.165) is 16.9 Å². The molecule has 0 aliphatic heterocycles. The highest BCUT2D eigenvalue weighted by atomic mass is 32.2. The number of hydrogen-bond donors (Lipinski definition) is 1. The van der Waals surface area contributed by atoms with Gasteiger partial charge in [0.25, 0.3) is 9.84 Å². The first-order valence-electron chi connectivity index (χ1n) is 8.24. The van der Waals surface area contributed by atoms with Crippen molar-refractivity contribution < 1.29 is 31.1 Å². The van der Waals surface area contributed by atoms with Gasteiger partial charge in [-0.1, -0.05) is 30.3 Å². The van der Waals surface area contributed by atoms with Crippen molar-refractivity contribution in [2.45, 2.75) is 16.9 Å². The molecule has 1 aromatic heterocycles. The SMILES string of the molecule is COc1ccc(S(=O)(=O)C(F)(F)F)cc1NC(=O)Cn1nnc(-c2ccccc2)n1. The zero-order valence-corrected chi connectivity index (χ0v) is 16.1. The van der Waals surface area contributed by atoms with E-state index in [-0.39, 0.29) is 17.3 Å². The van der Waals surface area contributed by atoms with E-state index in [4.69, 9.17) is 4.74 Å². The zero-order chi connectivity index (χ0) is 21.9. The van der Waals surface area contributed by atoms with Crippen molar-refractivity contribution in [2.75, 3.05) is 12.4 Å². The third kappa shape index (κ3) is 4.40. The van der Waals surface area contributed by atoms with Crippen LogP contribution in [0, 0.1) is 0 Å². The maximum atomic E-state index is 12.8. The lowest BCUT2D eigenvalue weighted by atomic mass is 10.2. The topological polar surface area (TPSA) is 116 Å². The number of tetrazole rings is 1. The van der Waals surface area contributed by atoms with E-state index >= 15 is 0 Å². The van der Waals surface area contributed by atoms with Gasteiger partial charge in [0.15, 0.2) is 0 Å². The molecular formula is C17H14F3N5O4S. The Balaban J connectivity index is 1.80. The van der Waals surface area contributed by atoms with Gasteiger partial charge in [-0.3, -0.25) is 4.79 Å². The Morgan fingerprint density at radius 3 is 2.50 bits per heavy atom. The van der Waals surface area contributed by atoms with Crippen molar-refractivity contribution in [1.29, 1.82) is 0 Å². The number of halogens is 3. The fourth-order valence-electron chi connectivity index (χ4n) is 2.42. The number of sulfone groups is 1. The number of anilines is 1. The van der Waals surface area contributed by atoms with Crippen molar-refractivity contribution in [3.63, 3.8) is 0 Å². The molecule has 0 aliphatic rings. The predicted molar refractivity (Wildman–Crippen MR) is 98.1 cm³/mol. The number of aromatic nitrogens is 4. The van der Waals surface area contributed by atoms with Crippen LogP contribution in [0.15, 0.2) is 53.4 Å². The zero-order valence-electron chi connectivity index (χ0n) is 15.3. The highest BCUT2D eigenvalue weighted by molar-refractivity contribution is 7.92. The van der Waals surface area contributed by atoms with Crippen LogP contribution in [0.25, 0.3) is 11.4 Å². The highest BCUT2D eigenvalue weighted by Crippen LogP contribution is 2.34. The average Bonchev–Trinajstić information content (AvgIpc) is 3.16. The van der Waals surface area contributed by atoms with Crippen molar-refractivity contribution >= 4 is 21.4 Å². The second kappa shape index (κ2) is 8.10. The molecule has 0 atom stereocenters. The fourth-order valence-corrected chi connectivity index (χ4v) is 3.20. The molecule has 9 nitrogen and oxygen atoms in total. The normalized spacial score (nSPS) is 11.9. The monoisotopic (exact) mass is 441 g/mol. The number of ether oxygens (including phenoxy) is 1. The first kappa shape index (κ1) is 21.2. The Morgan fingerprint density at radius 2 is 1.87 bits per heavy atom. The van der Waals surface area contributed by atoms with E-state index in [2.05, 4.69) is 20.7 Å². The largest absolute Gasteiger partial charge is 0.501 e. The van der Waals surface area contributed by atoms with Crippen molar-refractivity contribution in [2.24, 2.45) is 0 Å². The quantitative estimate of drug-likeness (QED) is 0.624. The van der Waals surface area contributed by atoms with Crippen LogP contribution >= 0.6 is 0 Å². The maximum absolute atomic E-state index is 12.8. The molecule has 0 spiro atoms. The molecule has 0 bridgehead atoms. The maximum Gasteiger partial charge on any atom is 0.501 e. The number of methoxy groups -OCH3 is 1. The summed E-state index contributed by atoms with van der Waals surface area (Å²) in [4.78, 5) is 12.2. The van der Waals surface area contributed by atoms with Crippen LogP contribution in [0.4, 0.5) is 18.9 Å². The number of nitrogens with zero attached hydrogens (tertiary/aromatic N) is 4. The van der Waals surface area contributed by atoms with Gasteiger partial charge in [-0.15, -0.1) is 10.2 Å². The van der Waals surface area contributed by atoms with Crippen LogP contribution in [-0.2, 0) is 21.2 Å². The fraction of sp³-hybridized carbons (Fsp3) is 0.176. The predicted octanol–water partition coefficient (Wildman–Crippen LogP) is 2.28. The van der Waals surface area contributed by atoms with Gasteiger partial charge in [0.05, 0.1) is 17.7 Å². The summed E-state index contributed by atoms with van der Waals surface area (Å²) in [6.45, 7) is -0.417. The molecule has 158 valence electrons. The molecule has 1 amide bonds. The lowest BCUT2D eigenvalue weighted by molar-refractivity contribution is -0.117. The van der Waals surface area contributed by atoms with Crippen LogP contribution in [0.5, 0.6) is 5.75 Å². The standard InChI is InChI=1S/C17H14F3N5O4S/c1-29-14-8-7-12(30(27,28)17(18,19)20)9-13(14)21-15(26)10-25-23-16(22-24-25)11-5-3-2-4-6-11/h2-9H,10H2,1H3,(H,21,26). The van der Waals surface area contributed by atoms with Crippen molar-refractivity contribution in [3.8, 4) is 17.1 Å². The lowest BCUT2D eigenvalue weighted by Gasteiger charge is -2.13. The third-order valence-electron chi connectivity index (χ3n) is 3.83. The van der Waals surface area contributed by atoms with E-state index < -0.39 is 32.7 Å². The summed E-state index contributed by atoms with van der Waals surface area (Å²) in [6, 6.07) is 11.3. The molecule has 3 rings (SSSR count). The smallest absolute Gasteiger partial charge is 0.495 e. The number of hydrogen-bond acceptors (Lipinski definition) is 7. The molecule has 0 fully saturated rings. The summed E-state index contributed by atoms with van der Waals surface area (Å²) in [5, 5.41) is 13.9. The number of alkyl halides is 3. The number of benzene rings is 2. The molecule has 3 aromatic rings. The van der Waals surface area contributed by atoms with Gasteiger partial charge < -0.3 is 10.1 Å². The number of amides is 1. The minimum absolute atomic E-state index is 0.0269. The van der Waals surface area contributed by atoms with E-state index in [0.29, 0.717) is 11.6 Å². The van der Waals surface area contributed by atoms with Crippen LogP contribution in [0.2, 0.25) is 0 Å². The van der Waals surface area contributed by atoms with Gasteiger partial charge >= 0.3 is 5.51 Å². The molecule has 0 aliphatic carbocycles. The number of carbonyl (C=O) groups excluding carboxylic acids is 1. The molecule has 0 radical (unpaired) electrons. The molecule has 0 saturated carbocycles. The lowest BCUT2D eigenvalue weighted by Crippen LogP contribution is -2.24. The Morgan fingerprint density at radius 1 is 1.17 bits per heavy atom. The molecule has 0 unspecified atom stereocenters. The Bertz CT molecular complexity index is 1160. The van der Waals surface area contributed by atoms with Gasteiger partial charge in [-0.05, 0) is 23.4 Å². The first-order chi connectivity index (χ1) is 14.1. The Labute approximate surface area is 168 Å². The molecule has 2 aromatic carbocycles. The first-order valence-corrected chi connectivity index (χ1v) is 9.72. The van der Waals surface area contributed by atoms with Crippen molar-refractivity contribution in [3.05, 3.63) is 48.5 Å². The highest BCUT2D eigenvalue weighted by Gasteiger charge is 2.47. The molecular weight excluding hydrogens is 427 g/mol. The van der Waals surface area contributed by atoms with Gasteiger partial charge in [-0.2, -0.15) is 18.0 Å². The molecule has 13 heteroatoms. The van der Waals surface area contributed by atoms with E-state index in [1.807, 2.05) is 6.07 Å². The Kier molecular flexibility index (Phi) is 5.73. The van der Waals surface area contributed by atoms with Crippen molar-refractivity contribution in [1.82, 2.24) is 20.2 Å². The van der Waals surface area contributed by atoms with Crippen LogP contribution in [-0.4, -0.2) is 47.2 Å². The third-order valence-corrected chi connectivity index (χ3v) is 5.31. The summed E-state index contributed by atoms with van der Waals surface area (Å²) in [6.07, 6.45) is 0. The summed E-state index contributed by atoms with van der Waals surface area (Å²) in [5.41, 5.74) is -5.06. The summed E-state index contributed by atoms with van der Waals surface area (Å²) >= 11 is 0. The minimum atomic E-state index is -5.59. The van der Waals surface area contributed by atoms with Gasteiger partial charge in [0.2, 0.25) is 11.7 Å².